The van der Waals surface area contributed by atoms with Crippen molar-refractivity contribution in [1.29, 1.82) is 0 Å². The molecule has 0 fully saturated rings. The molecule has 2 N–H and O–H groups in total. The molecule has 0 aliphatic heterocycles. The van der Waals surface area contributed by atoms with E-state index in [1.807, 2.05) is 13.8 Å². The number of hydrogen-bond donors (Lipinski definition) is 2. The number of carbonyl (C=O) groups is 1. The molecule has 37 heavy (non-hydrogen) atoms. The highest BCUT2D eigenvalue weighted by atomic mass is 32.2. The number of nitrogens with one attached hydrogen (secondary N) is 2. The van der Waals surface area contributed by atoms with E-state index in [1.54, 1.807) is 18.2 Å². The Labute approximate surface area is 213 Å². The lowest BCUT2D eigenvalue weighted by atomic mass is 10.1. The number of carbonyl (C=O) groups excluding carboxylic acids is 1. The van der Waals surface area contributed by atoms with Crippen LogP contribution >= 0.6 is 0 Å². The Morgan fingerprint density at radius 1 is 0.865 bits per heavy atom. The Bertz CT molecular complexity index is 1520. The molecule has 1 amide bonds. The monoisotopic (exact) mass is 555 g/mol. The van der Waals surface area contributed by atoms with Gasteiger partial charge in [-0.1, -0.05) is 12.1 Å². The minimum absolute atomic E-state index is 0.191. The molecule has 0 bridgehead atoms. The van der Waals surface area contributed by atoms with Gasteiger partial charge in [0.05, 0.1) is 22.4 Å². The zero-order valence-electron chi connectivity index (χ0n) is 20.0. The maximum absolute atomic E-state index is 12.9. The summed E-state index contributed by atoms with van der Waals surface area (Å²) in [6.07, 6.45) is -3.65. The molecule has 0 aliphatic rings. The van der Waals surface area contributed by atoms with Crippen molar-refractivity contribution in [3.8, 4) is 0 Å². The van der Waals surface area contributed by atoms with Gasteiger partial charge in [0.15, 0.2) is 0 Å². The second-order valence-corrected chi connectivity index (χ2v) is 11.9. The van der Waals surface area contributed by atoms with Gasteiger partial charge in [-0.05, 0) is 79.6 Å². The number of aryl methyl sites for hydroxylation is 2. The van der Waals surface area contributed by atoms with Gasteiger partial charge in [0.1, 0.15) is 6.54 Å². The smallest absolute Gasteiger partial charge is 0.325 e. The van der Waals surface area contributed by atoms with Gasteiger partial charge in [-0.3, -0.25) is 13.8 Å². The zero-order chi connectivity index (χ0) is 27.6. The first-order valence-corrected chi connectivity index (χ1v) is 14.0. The summed E-state index contributed by atoms with van der Waals surface area (Å²) in [6.45, 7) is 3.17. The van der Waals surface area contributed by atoms with Gasteiger partial charge in [-0.25, -0.2) is 16.8 Å². The number of alkyl halides is 3. The summed E-state index contributed by atoms with van der Waals surface area (Å²) in [6, 6.07) is 13.6. The molecule has 0 saturated carbocycles. The van der Waals surface area contributed by atoms with E-state index in [0.29, 0.717) is 11.8 Å². The Morgan fingerprint density at radius 2 is 1.51 bits per heavy atom. The molecule has 3 aromatic carbocycles. The average Bonchev–Trinajstić information content (AvgIpc) is 2.78. The fourth-order valence-electron chi connectivity index (χ4n) is 3.30. The van der Waals surface area contributed by atoms with Crippen LogP contribution in [0.1, 0.15) is 16.7 Å². The molecule has 0 aliphatic carbocycles. The number of rotatable bonds is 8. The van der Waals surface area contributed by atoms with Crippen molar-refractivity contribution in [2.24, 2.45) is 0 Å². The van der Waals surface area contributed by atoms with E-state index in [4.69, 9.17) is 0 Å². The summed E-state index contributed by atoms with van der Waals surface area (Å²) in [5, 5.41) is 2.51. The Kier molecular flexibility index (Phi) is 7.89. The minimum Gasteiger partial charge on any atom is -0.325 e. The lowest BCUT2D eigenvalue weighted by Crippen LogP contribution is -2.37. The van der Waals surface area contributed by atoms with Crippen molar-refractivity contribution < 1.29 is 34.8 Å². The van der Waals surface area contributed by atoms with E-state index in [9.17, 15) is 34.8 Å². The first-order valence-electron chi connectivity index (χ1n) is 10.7. The summed E-state index contributed by atoms with van der Waals surface area (Å²) in [5.41, 5.74) is 1.05. The number of hydrogen-bond acceptors (Lipinski definition) is 5. The van der Waals surface area contributed by atoms with Crippen molar-refractivity contribution in [2.45, 2.75) is 24.9 Å². The van der Waals surface area contributed by atoms with Crippen molar-refractivity contribution in [1.82, 2.24) is 0 Å². The van der Waals surface area contributed by atoms with E-state index in [1.165, 1.54) is 18.2 Å². The fraction of sp³-hybridized carbons (Fsp3) is 0.208. The van der Waals surface area contributed by atoms with Crippen LogP contribution in [0.25, 0.3) is 0 Å². The first-order chi connectivity index (χ1) is 17.1. The summed E-state index contributed by atoms with van der Waals surface area (Å²) in [7, 11) is -8.01. The molecule has 0 heterocycles. The number of halogens is 3. The summed E-state index contributed by atoms with van der Waals surface area (Å²) in [4.78, 5) is 12.3. The van der Waals surface area contributed by atoms with E-state index in [-0.39, 0.29) is 16.3 Å². The third-order valence-corrected chi connectivity index (χ3v) is 7.89. The van der Waals surface area contributed by atoms with Gasteiger partial charge >= 0.3 is 6.18 Å². The SMILES string of the molecule is Cc1ccc(N(CC(=O)Nc2ccc(S(=O)(=O)Nc3cccc(C(F)(F)F)c3)cc2)S(C)(=O)=O)cc1C. The highest BCUT2D eigenvalue weighted by Gasteiger charge is 2.30. The van der Waals surface area contributed by atoms with Gasteiger partial charge in [-0.2, -0.15) is 13.2 Å². The molecule has 3 rings (SSSR count). The molecule has 13 heteroatoms. The lowest BCUT2D eigenvalue weighted by Gasteiger charge is -2.22. The molecule has 8 nitrogen and oxygen atoms in total. The van der Waals surface area contributed by atoms with Crippen LogP contribution in [0.2, 0.25) is 0 Å². The predicted molar refractivity (Wildman–Crippen MR) is 135 cm³/mol. The molecule has 0 unspecified atom stereocenters. The maximum atomic E-state index is 12.9. The van der Waals surface area contributed by atoms with Crippen LogP contribution in [0, 0.1) is 13.8 Å². The summed E-state index contributed by atoms with van der Waals surface area (Å²) >= 11 is 0. The van der Waals surface area contributed by atoms with Gasteiger partial charge in [0, 0.05) is 11.4 Å². The van der Waals surface area contributed by atoms with E-state index >= 15 is 0 Å². The molecular weight excluding hydrogens is 531 g/mol. The van der Waals surface area contributed by atoms with Gasteiger partial charge in [-0.15, -0.1) is 0 Å². The molecule has 0 spiro atoms. The Balaban J connectivity index is 1.73. The fourth-order valence-corrected chi connectivity index (χ4v) is 5.20. The number of nitrogens with zero attached hydrogens (tertiary/aromatic N) is 1. The van der Waals surface area contributed by atoms with Crippen LogP contribution in [0.5, 0.6) is 0 Å². The van der Waals surface area contributed by atoms with E-state index in [0.717, 1.165) is 46.0 Å². The standard InChI is InChI=1S/C24H24F3N3O5S2/c1-16-7-10-21(13-17(16)2)30(36(3,32)33)15-23(31)28-19-8-11-22(12-9-19)37(34,35)29-20-6-4-5-18(14-20)24(25,26)27/h4-14,29H,15H2,1-3H3,(H,28,31). The van der Waals surface area contributed by atoms with Crippen molar-refractivity contribution in [3.05, 3.63) is 83.4 Å². The number of amides is 1. The van der Waals surface area contributed by atoms with Gasteiger partial charge in [0.25, 0.3) is 10.0 Å². The third kappa shape index (κ3) is 7.23. The quantitative estimate of drug-likeness (QED) is 0.424. The summed E-state index contributed by atoms with van der Waals surface area (Å²) in [5.74, 6) is -0.665. The van der Waals surface area contributed by atoms with Crippen molar-refractivity contribution in [3.63, 3.8) is 0 Å². The molecule has 0 atom stereocenters. The van der Waals surface area contributed by atoms with Crippen molar-refractivity contribution >= 4 is 43.0 Å². The summed E-state index contributed by atoms with van der Waals surface area (Å²) < 4.78 is 91.6. The predicted octanol–water partition coefficient (Wildman–Crippen LogP) is 4.53. The maximum Gasteiger partial charge on any atom is 0.416 e. The van der Waals surface area contributed by atoms with Crippen LogP contribution < -0.4 is 14.3 Å². The topological polar surface area (TPSA) is 113 Å². The largest absolute Gasteiger partial charge is 0.416 e. The average molecular weight is 556 g/mol. The van der Waals surface area contributed by atoms with Crippen LogP contribution in [0.15, 0.2) is 71.6 Å². The number of sulfonamides is 2. The van der Waals surface area contributed by atoms with Crippen molar-refractivity contribution in [2.75, 3.05) is 27.1 Å². The van der Waals surface area contributed by atoms with Crippen LogP contribution in [0.3, 0.4) is 0 Å². The highest BCUT2D eigenvalue weighted by Crippen LogP contribution is 2.31. The first kappa shape index (κ1) is 28.0. The molecule has 3 aromatic rings. The zero-order valence-corrected chi connectivity index (χ0v) is 21.6. The van der Waals surface area contributed by atoms with Crippen LogP contribution in [-0.2, 0) is 31.0 Å². The molecule has 0 radical (unpaired) electrons. The molecule has 198 valence electrons. The Morgan fingerprint density at radius 3 is 2.08 bits per heavy atom. The normalized spacial score (nSPS) is 12.2. The Hall–Kier alpha value is -3.58. The van der Waals surface area contributed by atoms with Gasteiger partial charge in [0.2, 0.25) is 15.9 Å². The second kappa shape index (κ2) is 10.4. The van der Waals surface area contributed by atoms with Crippen LogP contribution in [0.4, 0.5) is 30.2 Å². The highest BCUT2D eigenvalue weighted by molar-refractivity contribution is 7.92. The molecular formula is C24H24F3N3O5S2. The molecule has 0 aromatic heterocycles. The number of anilines is 3. The van der Waals surface area contributed by atoms with Crippen LogP contribution in [-0.4, -0.2) is 35.5 Å². The van der Waals surface area contributed by atoms with E-state index < -0.39 is 44.2 Å². The second-order valence-electron chi connectivity index (χ2n) is 8.29. The molecule has 0 saturated heterocycles. The lowest BCUT2D eigenvalue weighted by molar-refractivity contribution is -0.137. The third-order valence-electron chi connectivity index (χ3n) is 5.36. The number of benzene rings is 3. The van der Waals surface area contributed by atoms with Gasteiger partial charge < -0.3 is 5.32 Å². The van der Waals surface area contributed by atoms with E-state index in [2.05, 4.69) is 10.0 Å². The minimum atomic E-state index is -4.63.